The van der Waals surface area contributed by atoms with E-state index in [-0.39, 0.29) is 5.56 Å². The van der Waals surface area contributed by atoms with Crippen LogP contribution in [0.3, 0.4) is 0 Å². The van der Waals surface area contributed by atoms with E-state index in [0.717, 1.165) is 18.5 Å². The van der Waals surface area contributed by atoms with Gasteiger partial charge >= 0.3 is 0 Å². The van der Waals surface area contributed by atoms with Crippen LogP contribution in [0.15, 0.2) is 40.2 Å². The van der Waals surface area contributed by atoms with Crippen LogP contribution < -0.4 is 11.3 Å². The number of nitrogens with zero attached hydrogens (tertiary/aromatic N) is 3. The first kappa shape index (κ1) is 15.1. The quantitative estimate of drug-likeness (QED) is 0.698. The second kappa shape index (κ2) is 6.96. The Balaban J connectivity index is 1.68. The molecule has 0 bridgehead atoms. The largest absolute Gasteiger partial charge is 0.379 e. The molecule has 1 saturated carbocycles. The highest BCUT2D eigenvalue weighted by Gasteiger charge is 2.12. The molecule has 0 unspecified atom stereocenters. The van der Waals surface area contributed by atoms with Crippen molar-refractivity contribution in [1.82, 2.24) is 9.38 Å². The molecule has 2 heterocycles. The summed E-state index contributed by atoms with van der Waals surface area (Å²) < 4.78 is 1.54. The van der Waals surface area contributed by atoms with Crippen molar-refractivity contribution in [2.45, 2.75) is 43.9 Å². The van der Waals surface area contributed by atoms with Crippen molar-refractivity contribution in [1.29, 1.82) is 0 Å². The Morgan fingerprint density at radius 2 is 2.18 bits per heavy atom. The number of aromatic nitrogens is 2. The highest BCUT2D eigenvalue weighted by Crippen LogP contribution is 2.21. The Bertz CT molecular complexity index is 734. The van der Waals surface area contributed by atoms with Gasteiger partial charge in [0.25, 0.3) is 5.56 Å². The van der Waals surface area contributed by atoms with Crippen LogP contribution >= 0.6 is 11.8 Å². The zero-order valence-corrected chi connectivity index (χ0v) is 13.3. The minimum Gasteiger partial charge on any atom is -0.379 e. The van der Waals surface area contributed by atoms with E-state index in [9.17, 15) is 4.79 Å². The predicted molar refractivity (Wildman–Crippen MR) is 91.3 cm³/mol. The molecule has 3 rings (SSSR count). The minimum absolute atomic E-state index is 0.0657. The predicted octanol–water partition coefficient (Wildman–Crippen LogP) is 2.58. The van der Waals surface area contributed by atoms with Gasteiger partial charge in [-0.15, -0.1) is 0 Å². The molecule has 1 fully saturated rings. The standard InChI is InChI=1S/C16H20N4OS/c17-16(19-12-6-2-1-3-7-12)22-11-13-10-15(21)20-9-5-4-8-14(20)18-13/h4-5,8-10,12H,1-3,6-7,11H2,(H2,17,19). The molecule has 0 amide bonds. The Morgan fingerprint density at radius 1 is 1.36 bits per heavy atom. The summed E-state index contributed by atoms with van der Waals surface area (Å²) in [6, 6.07) is 7.45. The molecule has 5 nitrogen and oxygen atoms in total. The minimum atomic E-state index is -0.0657. The number of hydrogen-bond donors (Lipinski definition) is 1. The van der Waals surface area contributed by atoms with Crippen molar-refractivity contribution in [3.8, 4) is 0 Å². The first-order valence-electron chi connectivity index (χ1n) is 7.66. The molecule has 0 radical (unpaired) electrons. The van der Waals surface area contributed by atoms with Gasteiger partial charge in [0, 0.05) is 18.0 Å². The van der Waals surface area contributed by atoms with Crippen LogP contribution in [0.2, 0.25) is 0 Å². The van der Waals surface area contributed by atoms with Crippen LogP contribution in [0.25, 0.3) is 5.65 Å². The van der Waals surface area contributed by atoms with E-state index in [1.165, 1.54) is 35.4 Å². The molecule has 0 saturated heterocycles. The molecule has 116 valence electrons. The van der Waals surface area contributed by atoms with Crippen molar-refractivity contribution in [2.24, 2.45) is 10.7 Å². The SMILES string of the molecule is NC(=NC1CCCCC1)SCc1cc(=O)n2ccccc2n1. The molecule has 2 aromatic heterocycles. The van der Waals surface area contributed by atoms with E-state index in [1.54, 1.807) is 12.3 Å². The Hall–Kier alpha value is -1.82. The van der Waals surface area contributed by atoms with Crippen LogP contribution in [0, 0.1) is 0 Å². The molecule has 6 heteroatoms. The highest BCUT2D eigenvalue weighted by atomic mass is 32.2. The molecule has 1 aliphatic rings. The Morgan fingerprint density at radius 3 is 3.00 bits per heavy atom. The fraction of sp³-hybridized carbons (Fsp3) is 0.438. The lowest BCUT2D eigenvalue weighted by Crippen LogP contribution is -2.17. The van der Waals surface area contributed by atoms with E-state index >= 15 is 0 Å². The molecule has 22 heavy (non-hydrogen) atoms. The topological polar surface area (TPSA) is 72.8 Å². The van der Waals surface area contributed by atoms with Crippen LogP contribution in [-0.2, 0) is 5.75 Å². The number of nitrogens with two attached hydrogens (primary N) is 1. The van der Waals surface area contributed by atoms with E-state index in [0.29, 0.717) is 22.6 Å². The maximum atomic E-state index is 12.0. The van der Waals surface area contributed by atoms with Crippen LogP contribution in [0.4, 0.5) is 0 Å². The highest BCUT2D eigenvalue weighted by molar-refractivity contribution is 8.13. The number of amidine groups is 1. The third-order valence-corrected chi connectivity index (χ3v) is 4.72. The maximum Gasteiger partial charge on any atom is 0.258 e. The normalized spacial score (nSPS) is 17.0. The summed E-state index contributed by atoms with van der Waals surface area (Å²) in [5.74, 6) is 0.572. The summed E-state index contributed by atoms with van der Waals surface area (Å²) in [5.41, 5.74) is 7.34. The van der Waals surface area contributed by atoms with Crippen LogP contribution in [-0.4, -0.2) is 20.6 Å². The van der Waals surface area contributed by atoms with Gasteiger partial charge in [0.15, 0.2) is 5.17 Å². The summed E-state index contributed by atoms with van der Waals surface area (Å²) in [6.45, 7) is 0. The smallest absolute Gasteiger partial charge is 0.258 e. The Labute approximate surface area is 133 Å². The molecular formula is C16H20N4OS. The zero-order valence-electron chi connectivity index (χ0n) is 12.4. The average molecular weight is 316 g/mol. The van der Waals surface area contributed by atoms with Gasteiger partial charge in [0.05, 0.1) is 11.7 Å². The lowest BCUT2D eigenvalue weighted by molar-refractivity contribution is 0.444. The van der Waals surface area contributed by atoms with Crippen molar-refractivity contribution >= 4 is 22.6 Å². The first-order valence-corrected chi connectivity index (χ1v) is 8.64. The van der Waals surface area contributed by atoms with E-state index in [2.05, 4.69) is 9.98 Å². The monoisotopic (exact) mass is 316 g/mol. The number of hydrogen-bond acceptors (Lipinski definition) is 4. The van der Waals surface area contributed by atoms with Gasteiger partial charge < -0.3 is 5.73 Å². The maximum absolute atomic E-state index is 12.0. The van der Waals surface area contributed by atoms with E-state index in [4.69, 9.17) is 5.73 Å². The third kappa shape index (κ3) is 3.68. The lowest BCUT2D eigenvalue weighted by atomic mass is 9.96. The van der Waals surface area contributed by atoms with E-state index < -0.39 is 0 Å². The molecular weight excluding hydrogens is 296 g/mol. The average Bonchev–Trinajstić information content (AvgIpc) is 2.54. The fourth-order valence-corrected chi connectivity index (χ4v) is 3.42. The number of rotatable bonds is 3. The molecule has 0 atom stereocenters. The van der Waals surface area contributed by atoms with E-state index in [1.807, 2.05) is 18.2 Å². The van der Waals surface area contributed by atoms with Crippen molar-refractivity contribution in [2.75, 3.05) is 0 Å². The van der Waals surface area contributed by atoms with Crippen molar-refractivity contribution in [3.05, 3.63) is 46.5 Å². The second-order valence-electron chi connectivity index (χ2n) is 5.56. The van der Waals surface area contributed by atoms with Gasteiger partial charge in [-0.3, -0.25) is 14.2 Å². The van der Waals surface area contributed by atoms with Crippen LogP contribution in [0.1, 0.15) is 37.8 Å². The van der Waals surface area contributed by atoms with Gasteiger partial charge in [-0.25, -0.2) is 4.98 Å². The molecule has 2 aromatic rings. The summed E-state index contributed by atoms with van der Waals surface area (Å²) in [5, 5.41) is 0.599. The second-order valence-corrected chi connectivity index (χ2v) is 6.56. The van der Waals surface area contributed by atoms with Crippen molar-refractivity contribution < 1.29 is 0 Å². The van der Waals surface area contributed by atoms with Gasteiger partial charge in [-0.1, -0.05) is 37.1 Å². The number of aliphatic imine (C=N–C) groups is 1. The summed E-state index contributed by atoms with van der Waals surface area (Å²) in [4.78, 5) is 21.1. The molecule has 0 aromatic carbocycles. The number of pyridine rings is 1. The zero-order chi connectivity index (χ0) is 15.4. The molecule has 0 aliphatic heterocycles. The van der Waals surface area contributed by atoms with Gasteiger partial charge in [0.2, 0.25) is 0 Å². The third-order valence-electron chi connectivity index (χ3n) is 3.88. The fourth-order valence-electron chi connectivity index (χ4n) is 2.75. The molecule has 0 spiro atoms. The molecule has 2 N–H and O–H groups in total. The lowest BCUT2D eigenvalue weighted by Gasteiger charge is -2.17. The first-order chi connectivity index (χ1) is 10.7. The number of fused-ring (bicyclic) bond motifs is 1. The number of thioether (sulfide) groups is 1. The van der Waals surface area contributed by atoms with Gasteiger partial charge in [0.1, 0.15) is 5.65 Å². The molecule has 1 aliphatic carbocycles. The van der Waals surface area contributed by atoms with Gasteiger partial charge in [-0.05, 0) is 25.0 Å². The summed E-state index contributed by atoms with van der Waals surface area (Å²) >= 11 is 1.46. The summed E-state index contributed by atoms with van der Waals surface area (Å²) in [7, 11) is 0. The Kier molecular flexibility index (Phi) is 4.77. The van der Waals surface area contributed by atoms with Crippen LogP contribution in [0.5, 0.6) is 0 Å². The summed E-state index contributed by atoms with van der Waals surface area (Å²) in [6.07, 6.45) is 7.79. The van der Waals surface area contributed by atoms with Crippen molar-refractivity contribution in [3.63, 3.8) is 0 Å². The van der Waals surface area contributed by atoms with Gasteiger partial charge in [-0.2, -0.15) is 0 Å².